The molecule has 5 nitrogen and oxygen atoms in total. The Morgan fingerprint density at radius 1 is 1.03 bits per heavy atom. The van der Waals surface area contributed by atoms with E-state index in [9.17, 15) is 14.4 Å². The molecule has 0 bridgehead atoms. The zero-order chi connectivity index (χ0) is 22.1. The van der Waals surface area contributed by atoms with Gasteiger partial charge in [0.15, 0.2) is 11.9 Å². The van der Waals surface area contributed by atoms with Crippen LogP contribution in [0.3, 0.4) is 0 Å². The third kappa shape index (κ3) is 4.17. The van der Waals surface area contributed by atoms with Gasteiger partial charge in [0, 0.05) is 35.7 Å². The summed E-state index contributed by atoms with van der Waals surface area (Å²) in [6.45, 7) is 4.11. The second-order valence-electron chi connectivity index (χ2n) is 8.07. The molecule has 2 heterocycles. The monoisotopic (exact) mass is 433 g/mol. The van der Waals surface area contributed by atoms with Crippen LogP contribution in [-0.4, -0.2) is 19.9 Å². The molecule has 0 spiro atoms. The standard InChI is InChI=1S/C25H25N2O3P/c1-19-7-6-8-20(2)24(19)27-16-11-22(21-9-14-26-15-10-21)17-23(27)18-25(31(28,29)30)12-4-3-5-13-25/h3-12,14-17H,13,18H2,1-2H3,(H-,28,29,30)/p+1. The van der Waals surface area contributed by atoms with Crippen molar-refractivity contribution < 1.29 is 18.9 Å². The fourth-order valence-corrected chi connectivity index (χ4v) is 5.22. The van der Waals surface area contributed by atoms with E-state index in [1.54, 1.807) is 24.5 Å². The number of para-hydroxylation sites is 1. The van der Waals surface area contributed by atoms with Gasteiger partial charge in [-0.15, -0.1) is 0 Å². The fraction of sp³-hybridized carbons (Fsp3) is 0.200. The molecule has 1 aliphatic carbocycles. The predicted molar refractivity (Wildman–Crippen MR) is 122 cm³/mol. The van der Waals surface area contributed by atoms with Gasteiger partial charge in [-0.2, -0.15) is 4.57 Å². The van der Waals surface area contributed by atoms with Gasteiger partial charge < -0.3 is 9.79 Å². The molecular formula is C25H26N2O3P+. The molecule has 1 aliphatic rings. The fourth-order valence-electron chi connectivity index (χ4n) is 4.23. The Morgan fingerprint density at radius 3 is 2.35 bits per heavy atom. The van der Waals surface area contributed by atoms with Crippen molar-refractivity contribution in [2.45, 2.75) is 31.8 Å². The molecule has 4 rings (SSSR count). The van der Waals surface area contributed by atoms with Crippen LogP contribution in [0.1, 0.15) is 23.2 Å². The van der Waals surface area contributed by atoms with E-state index in [4.69, 9.17) is 0 Å². The van der Waals surface area contributed by atoms with E-state index < -0.39 is 12.8 Å². The SMILES string of the molecule is Cc1cccc(C)c1-[n+]1ccc(-c2ccncc2)cc1CC1(P(=O)(O)O)C=CC=CC1. The average Bonchev–Trinajstić information content (AvgIpc) is 2.75. The zero-order valence-corrected chi connectivity index (χ0v) is 18.5. The van der Waals surface area contributed by atoms with Gasteiger partial charge in [-0.3, -0.25) is 9.55 Å². The molecule has 2 N–H and O–H groups in total. The molecule has 1 atom stereocenters. The largest absolute Gasteiger partial charge is 0.336 e. The highest BCUT2D eigenvalue weighted by atomic mass is 31.2. The van der Waals surface area contributed by atoms with Gasteiger partial charge in [-0.05, 0) is 43.5 Å². The van der Waals surface area contributed by atoms with Crippen LogP contribution >= 0.6 is 7.60 Å². The van der Waals surface area contributed by atoms with Crippen LogP contribution in [0.5, 0.6) is 0 Å². The third-order valence-corrected chi connectivity index (χ3v) is 7.57. The number of pyridine rings is 2. The lowest BCUT2D eigenvalue weighted by atomic mass is 9.92. The van der Waals surface area contributed by atoms with Crippen molar-refractivity contribution in [3.05, 3.63) is 102 Å². The van der Waals surface area contributed by atoms with Crippen LogP contribution in [0.15, 0.2) is 85.4 Å². The quantitative estimate of drug-likeness (QED) is 0.455. The van der Waals surface area contributed by atoms with Gasteiger partial charge in [0.05, 0.1) is 6.42 Å². The van der Waals surface area contributed by atoms with Crippen molar-refractivity contribution in [3.8, 4) is 16.8 Å². The highest BCUT2D eigenvalue weighted by Gasteiger charge is 2.46. The van der Waals surface area contributed by atoms with E-state index in [0.29, 0.717) is 6.42 Å². The topological polar surface area (TPSA) is 74.3 Å². The minimum Gasteiger partial charge on any atom is -0.324 e. The van der Waals surface area contributed by atoms with Crippen LogP contribution in [0.2, 0.25) is 0 Å². The summed E-state index contributed by atoms with van der Waals surface area (Å²) in [5.74, 6) is 0. The Kier molecular flexibility index (Phi) is 5.76. The first-order valence-electron chi connectivity index (χ1n) is 10.2. The first kappa shape index (κ1) is 21.4. The van der Waals surface area contributed by atoms with Crippen molar-refractivity contribution in [1.29, 1.82) is 0 Å². The summed E-state index contributed by atoms with van der Waals surface area (Å²) in [5, 5.41) is -1.27. The van der Waals surface area contributed by atoms with E-state index in [2.05, 4.69) is 35.5 Å². The second kappa shape index (κ2) is 8.35. The van der Waals surface area contributed by atoms with Gasteiger partial charge in [-0.1, -0.05) is 42.5 Å². The third-order valence-electron chi connectivity index (χ3n) is 5.92. The van der Waals surface area contributed by atoms with Crippen LogP contribution in [0.25, 0.3) is 16.8 Å². The summed E-state index contributed by atoms with van der Waals surface area (Å²) >= 11 is 0. The molecule has 31 heavy (non-hydrogen) atoms. The molecular weight excluding hydrogens is 407 g/mol. The van der Waals surface area contributed by atoms with Gasteiger partial charge >= 0.3 is 7.60 Å². The summed E-state index contributed by atoms with van der Waals surface area (Å²) < 4.78 is 14.7. The summed E-state index contributed by atoms with van der Waals surface area (Å²) in [4.78, 5) is 24.7. The lowest BCUT2D eigenvalue weighted by Gasteiger charge is -2.31. The molecule has 2 aromatic heterocycles. The maximum atomic E-state index is 12.6. The Bertz CT molecular complexity index is 1190. The van der Waals surface area contributed by atoms with Crippen molar-refractivity contribution in [3.63, 3.8) is 0 Å². The summed E-state index contributed by atoms with van der Waals surface area (Å²) in [7, 11) is -4.42. The minimum atomic E-state index is -4.42. The maximum absolute atomic E-state index is 12.6. The molecule has 6 heteroatoms. The number of rotatable bonds is 5. The van der Waals surface area contributed by atoms with E-state index in [1.807, 2.05) is 48.7 Å². The summed E-state index contributed by atoms with van der Waals surface area (Å²) in [6, 6.07) is 14.1. The van der Waals surface area contributed by atoms with Crippen LogP contribution < -0.4 is 4.57 Å². The smallest absolute Gasteiger partial charge is 0.324 e. The number of allylic oxidation sites excluding steroid dienone is 4. The first-order chi connectivity index (χ1) is 14.8. The number of benzene rings is 1. The average molecular weight is 433 g/mol. The summed E-state index contributed by atoms with van der Waals surface area (Å²) in [5.41, 5.74) is 6.08. The molecule has 0 radical (unpaired) electrons. The van der Waals surface area contributed by atoms with Crippen molar-refractivity contribution in [2.75, 3.05) is 0 Å². The number of nitrogens with zero attached hydrogens (tertiary/aromatic N) is 2. The Morgan fingerprint density at radius 2 is 1.74 bits per heavy atom. The van der Waals surface area contributed by atoms with Crippen LogP contribution in [-0.2, 0) is 11.0 Å². The van der Waals surface area contributed by atoms with Gasteiger partial charge in [0.2, 0.25) is 5.69 Å². The number of aromatic nitrogens is 2. The molecule has 1 unspecified atom stereocenters. The van der Waals surface area contributed by atoms with Crippen molar-refractivity contribution >= 4 is 7.60 Å². The van der Waals surface area contributed by atoms with E-state index in [1.165, 1.54) is 0 Å². The lowest BCUT2D eigenvalue weighted by molar-refractivity contribution is -0.605. The lowest BCUT2D eigenvalue weighted by Crippen LogP contribution is -2.42. The molecule has 0 fully saturated rings. The highest BCUT2D eigenvalue weighted by Crippen LogP contribution is 2.56. The zero-order valence-electron chi connectivity index (χ0n) is 17.6. The molecule has 3 aromatic rings. The predicted octanol–water partition coefficient (Wildman–Crippen LogP) is 4.62. The molecule has 0 saturated heterocycles. The van der Waals surface area contributed by atoms with Gasteiger partial charge in [0.1, 0.15) is 5.16 Å². The number of hydrogen-bond donors (Lipinski definition) is 2. The normalized spacial score (nSPS) is 18.3. The molecule has 0 saturated carbocycles. The van der Waals surface area contributed by atoms with Crippen LogP contribution in [0, 0.1) is 13.8 Å². The minimum absolute atomic E-state index is 0.213. The second-order valence-corrected chi connectivity index (χ2v) is 10.0. The van der Waals surface area contributed by atoms with Crippen molar-refractivity contribution in [1.82, 2.24) is 4.98 Å². The van der Waals surface area contributed by atoms with Crippen molar-refractivity contribution in [2.24, 2.45) is 0 Å². The van der Waals surface area contributed by atoms with E-state index >= 15 is 0 Å². The molecule has 1 aromatic carbocycles. The molecule has 0 amide bonds. The number of aryl methyl sites for hydroxylation is 2. The van der Waals surface area contributed by atoms with Gasteiger partial charge in [0.25, 0.3) is 0 Å². The van der Waals surface area contributed by atoms with Crippen LogP contribution in [0.4, 0.5) is 0 Å². The van der Waals surface area contributed by atoms with Gasteiger partial charge in [-0.25, -0.2) is 0 Å². The van der Waals surface area contributed by atoms with E-state index in [0.717, 1.165) is 33.6 Å². The Balaban J connectivity index is 1.92. The first-order valence-corrected chi connectivity index (χ1v) is 11.8. The highest BCUT2D eigenvalue weighted by molar-refractivity contribution is 7.53. The Hall–Kier alpha value is -2.85. The van der Waals surface area contributed by atoms with E-state index in [-0.39, 0.29) is 6.42 Å². The summed E-state index contributed by atoms with van der Waals surface area (Å²) in [6.07, 6.45) is 13.1. The molecule has 158 valence electrons. The molecule has 0 aliphatic heterocycles. The number of hydrogen-bond acceptors (Lipinski definition) is 2. The maximum Gasteiger partial charge on any atom is 0.336 e. The Labute approximate surface area is 182 Å².